The minimum Gasteiger partial charge on any atom is -0.357 e. The van der Waals surface area contributed by atoms with Gasteiger partial charge in [-0.25, -0.2) is 22.0 Å². The lowest BCUT2D eigenvalue weighted by Gasteiger charge is -2.39. The summed E-state index contributed by atoms with van der Waals surface area (Å²) in [6, 6.07) is 6.41. The van der Waals surface area contributed by atoms with Gasteiger partial charge in [-0.15, -0.1) is 0 Å². The Balaban J connectivity index is 2.06. The summed E-state index contributed by atoms with van der Waals surface area (Å²) in [7, 11) is -6.80. The number of nitrogens with one attached hydrogen (secondary N) is 1. The van der Waals surface area contributed by atoms with Crippen LogP contribution >= 0.6 is 0 Å². The summed E-state index contributed by atoms with van der Waals surface area (Å²) in [4.78, 5) is 6.67. The molecule has 0 saturated carbocycles. The fraction of sp³-hybridized carbons (Fsp3) is 0.588. The first-order chi connectivity index (χ1) is 12.5. The molecule has 1 saturated heterocycles. The van der Waals surface area contributed by atoms with Crippen LogP contribution < -0.4 is 10.5 Å². The van der Waals surface area contributed by atoms with Crippen LogP contribution in [0.25, 0.3) is 0 Å². The van der Waals surface area contributed by atoms with E-state index in [1.165, 1.54) is 12.1 Å². The first kappa shape index (κ1) is 21.6. The molecule has 1 aromatic rings. The van der Waals surface area contributed by atoms with Crippen LogP contribution in [0, 0.1) is 0 Å². The molecule has 0 amide bonds. The summed E-state index contributed by atoms with van der Waals surface area (Å²) in [6.45, 7) is 7.45. The lowest BCUT2D eigenvalue weighted by molar-refractivity contribution is 0.353. The van der Waals surface area contributed by atoms with Crippen LogP contribution in [0.1, 0.15) is 26.3 Å². The zero-order valence-electron chi connectivity index (χ0n) is 16.0. The van der Waals surface area contributed by atoms with Crippen molar-refractivity contribution in [3.05, 3.63) is 29.8 Å². The number of nitrogens with zero attached hydrogens (tertiary/aromatic N) is 2. The Hall–Kier alpha value is -1.65. The van der Waals surface area contributed by atoms with Crippen molar-refractivity contribution >= 4 is 25.8 Å². The number of sulfone groups is 1. The summed E-state index contributed by atoms with van der Waals surface area (Å²) >= 11 is 0. The third-order valence-corrected chi connectivity index (χ3v) is 8.05. The molecule has 1 heterocycles. The molecular formula is C17H28N4O4S2. The molecule has 0 aromatic heterocycles. The topological polar surface area (TPSA) is 122 Å². The lowest BCUT2D eigenvalue weighted by atomic mass is 10.1. The first-order valence-electron chi connectivity index (χ1n) is 8.83. The Morgan fingerprint density at radius 1 is 1.30 bits per heavy atom. The van der Waals surface area contributed by atoms with Gasteiger partial charge in [-0.2, -0.15) is 0 Å². The normalized spacial score (nSPS) is 19.7. The van der Waals surface area contributed by atoms with E-state index in [1.807, 2.05) is 11.8 Å². The molecular weight excluding hydrogens is 388 g/mol. The van der Waals surface area contributed by atoms with Crippen molar-refractivity contribution in [3.8, 4) is 0 Å². The number of nitrogens with two attached hydrogens (primary N) is 1. The second-order valence-electron chi connectivity index (χ2n) is 7.17. The summed E-state index contributed by atoms with van der Waals surface area (Å²) in [5, 5.41) is 8.32. The van der Waals surface area contributed by atoms with E-state index in [-0.39, 0.29) is 10.6 Å². The SMILES string of the molecule is CCNC(=NCCc1ccc(S(N)(=O)=O)cc1)N1CCS(=O)(=O)C(C)(C)C1. The zero-order valence-corrected chi connectivity index (χ0v) is 17.6. The summed E-state index contributed by atoms with van der Waals surface area (Å²) in [5.74, 6) is 0.807. The van der Waals surface area contributed by atoms with Crippen molar-refractivity contribution in [3.63, 3.8) is 0 Å². The maximum atomic E-state index is 12.2. The van der Waals surface area contributed by atoms with Gasteiger partial charge in [-0.1, -0.05) is 12.1 Å². The van der Waals surface area contributed by atoms with E-state index >= 15 is 0 Å². The Labute approximate surface area is 161 Å². The number of primary sulfonamides is 1. The Bertz CT molecular complexity index is 891. The van der Waals surface area contributed by atoms with Gasteiger partial charge >= 0.3 is 0 Å². The van der Waals surface area contributed by atoms with E-state index in [0.717, 1.165) is 5.56 Å². The van der Waals surface area contributed by atoms with Crippen LogP contribution in [-0.2, 0) is 26.3 Å². The minimum absolute atomic E-state index is 0.0832. The van der Waals surface area contributed by atoms with Gasteiger partial charge < -0.3 is 10.2 Å². The van der Waals surface area contributed by atoms with Gasteiger partial charge in [-0.05, 0) is 44.9 Å². The van der Waals surface area contributed by atoms with Crippen molar-refractivity contribution in [1.82, 2.24) is 10.2 Å². The molecule has 0 spiro atoms. The van der Waals surface area contributed by atoms with Crippen LogP contribution in [-0.4, -0.2) is 64.4 Å². The number of guanidine groups is 1. The number of hydrogen-bond donors (Lipinski definition) is 2. The summed E-state index contributed by atoms with van der Waals surface area (Å²) in [5.41, 5.74) is 0.948. The molecule has 1 aliphatic heterocycles. The molecule has 8 nitrogen and oxygen atoms in total. The van der Waals surface area contributed by atoms with Gasteiger partial charge in [0, 0.05) is 26.2 Å². The smallest absolute Gasteiger partial charge is 0.238 e. The van der Waals surface area contributed by atoms with Crippen molar-refractivity contribution in [2.45, 2.75) is 36.8 Å². The van der Waals surface area contributed by atoms with Gasteiger partial charge in [0.05, 0.1) is 15.4 Å². The molecule has 10 heteroatoms. The van der Waals surface area contributed by atoms with E-state index in [4.69, 9.17) is 5.14 Å². The van der Waals surface area contributed by atoms with Gasteiger partial charge in [0.15, 0.2) is 15.8 Å². The fourth-order valence-electron chi connectivity index (χ4n) is 2.89. The third kappa shape index (κ3) is 5.43. The standard InChI is InChI=1S/C17H28N4O4S2/c1-4-19-16(21-11-12-26(22,23)17(2,3)13-21)20-10-9-14-5-7-15(8-6-14)27(18,24)25/h5-8H,4,9-13H2,1-3H3,(H,19,20)(H2,18,24,25). The molecule has 152 valence electrons. The highest BCUT2D eigenvalue weighted by atomic mass is 32.2. The third-order valence-electron chi connectivity index (χ3n) is 4.59. The second kappa shape index (κ2) is 8.15. The highest BCUT2D eigenvalue weighted by molar-refractivity contribution is 7.92. The Kier molecular flexibility index (Phi) is 6.54. The van der Waals surface area contributed by atoms with Crippen molar-refractivity contribution in [2.75, 3.05) is 31.9 Å². The van der Waals surface area contributed by atoms with E-state index in [9.17, 15) is 16.8 Å². The van der Waals surface area contributed by atoms with E-state index in [1.54, 1.807) is 26.0 Å². The molecule has 1 fully saturated rings. The number of sulfonamides is 1. The van der Waals surface area contributed by atoms with Crippen LogP contribution in [0.2, 0.25) is 0 Å². The average Bonchev–Trinajstić information content (AvgIpc) is 2.56. The van der Waals surface area contributed by atoms with Gasteiger partial charge in [-0.3, -0.25) is 4.99 Å². The predicted molar refractivity (Wildman–Crippen MR) is 107 cm³/mol. The molecule has 3 N–H and O–H groups in total. The van der Waals surface area contributed by atoms with Crippen LogP contribution in [0.5, 0.6) is 0 Å². The quantitative estimate of drug-likeness (QED) is 0.528. The van der Waals surface area contributed by atoms with Gasteiger partial charge in [0.1, 0.15) is 0 Å². The van der Waals surface area contributed by atoms with E-state index in [0.29, 0.717) is 38.6 Å². The second-order valence-corrected chi connectivity index (χ2v) is 11.5. The summed E-state index contributed by atoms with van der Waals surface area (Å²) in [6.07, 6.45) is 0.634. The molecule has 0 radical (unpaired) electrons. The summed E-state index contributed by atoms with van der Waals surface area (Å²) < 4.78 is 46.1. The maximum Gasteiger partial charge on any atom is 0.238 e. The zero-order chi connectivity index (χ0) is 20.3. The van der Waals surface area contributed by atoms with E-state index < -0.39 is 24.6 Å². The largest absolute Gasteiger partial charge is 0.357 e. The van der Waals surface area contributed by atoms with Crippen molar-refractivity contribution in [1.29, 1.82) is 0 Å². The molecule has 1 aliphatic rings. The lowest BCUT2D eigenvalue weighted by Crippen LogP contribution is -2.57. The highest BCUT2D eigenvalue weighted by Gasteiger charge is 2.40. The van der Waals surface area contributed by atoms with Crippen molar-refractivity contribution < 1.29 is 16.8 Å². The number of benzene rings is 1. The Morgan fingerprint density at radius 2 is 1.93 bits per heavy atom. The maximum absolute atomic E-state index is 12.2. The first-order valence-corrected chi connectivity index (χ1v) is 12.0. The highest BCUT2D eigenvalue weighted by Crippen LogP contribution is 2.23. The molecule has 0 aliphatic carbocycles. The van der Waals surface area contributed by atoms with Crippen LogP contribution in [0.3, 0.4) is 0 Å². The fourth-order valence-corrected chi connectivity index (χ4v) is 4.77. The number of hydrogen-bond acceptors (Lipinski definition) is 5. The Morgan fingerprint density at radius 3 is 2.44 bits per heavy atom. The van der Waals surface area contributed by atoms with Crippen LogP contribution in [0.4, 0.5) is 0 Å². The molecule has 0 unspecified atom stereocenters. The molecule has 0 bridgehead atoms. The molecule has 2 rings (SSSR count). The van der Waals surface area contributed by atoms with Gasteiger partial charge in [0.25, 0.3) is 0 Å². The molecule has 27 heavy (non-hydrogen) atoms. The molecule has 1 aromatic carbocycles. The van der Waals surface area contributed by atoms with Gasteiger partial charge in [0.2, 0.25) is 10.0 Å². The predicted octanol–water partition coefficient (Wildman–Crippen LogP) is 0.351. The average molecular weight is 417 g/mol. The minimum atomic E-state index is -3.69. The van der Waals surface area contributed by atoms with Crippen LogP contribution in [0.15, 0.2) is 34.2 Å². The number of aliphatic imine (C=N–C) groups is 1. The number of rotatable bonds is 5. The van der Waals surface area contributed by atoms with Crippen molar-refractivity contribution in [2.24, 2.45) is 10.1 Å². The molecule has 0 atom stereocenters. The van der Waals surface area contributed by atoms with E-state index in [2.05, 4.69) is 10.3 Å². The monoisotopic (exact) mass is 416 g/mol.